The molecule has 0 aliphatic carbocycles. The summed E-state index contributed by atoms with van der Waals surface area (Å²) < 4.78 is 5.84. The van der Waals surface area contributed by atoms with Crippen molar-refractivity contribution < 1.29 is 4.74 Å². The summed E-state index contributed by atoms with van der Waals surface area (Å²) in [5, 5.41) is 9.32. The smallest absolute Gasteiger partial charge is 0.137 e. The van der Waals surface area contributed by atoms with Gasteiger partial charge in [-0.25, -0.2) is 0 Å². The fraction of sp³-hybridized carbons (Fsp3) is 0.300. The summed E-state index contributed by atoms with van der Waals surface area (Å²) in [6.45, 7) is 2.01. The third kappa shape index (κ3) is 1.87. The highest BCUT2D eigenvalue weighted by molar-refractivity contribution is 9.10. The van der Waals surface area contributed by atoms with Crippen LogP contribution in [0.2, 0.25) is 5.02 Å². The number of nitriles is 1. The van der Waals surface area contributed by atoms with Gasteiger partial charge in [-0.2, -0.15) is 5.26 Å². The number of aryl methyl sites for hydroxylation is 1. The first-order valence-electron chi connectivity index (χ1n) is 4.10. The summed E-state index contributed by atoms with van der Waals surface area (Å²) >= 11 is 9.25. The molecule has 0 unspecified atom stereocenters. The number of methoxy groups -OCH3 is 1. The molecule has 1 aromatic rings. The predicted octanol–water partition coefficient (Wildman–Crippen LogP) is 3.55. The van der Waals surface area contributed by atoms with Crippen LogP contribution in [0.3, 0.4) is 0 Å². The van der Waals surface area contributed by atoms with E-state index in [1.54, 1.807) is 13.2 Å². The predicted molar refractivity (Wildman–Crippen MR) is 59.8 cm³/mol. The van der Waals surface area contributed by atoms with Gasteiger partial charge in [0.05, 0.1) is 22.2 Å². The van der Waals surface area contributed by atoms with Gasteiger partial charge in [-0.1, -0.05) is 18.5 Å². The lowest BCUT2D eigenvalue weighted by Gasteiger charge is -2.11. The first-order chi connectivity index (χ1) is 6.65. The van der Waals surface area contributed by atoms with E-state index in [-0.39, 0.29) is 0 Å². The van der Waals surface area contributed by atoms with Gasteiger partial charge in [0.2, 0.25) is 0 Å². The fourth-order valence-electron chi connectivity index (χ4n) is 1.24. The minimum atomic E-state index is 0.417. The Kier molecular flexibility index (Phi) is 3.79. The zero-order valence-corrected chi connectivity index (χ0v) is 10.2. The maximum atomic E-state index is 8.86. The molecular weight excluding hydrogens is 265 g/mol. The van der Waals surface area contributed by atoms with Crippen LogP contribution in [0.25, 0.3) is 0 Å². The number of benzene rings is 1. The van der Waals surface area contributed by atoms with Gasteiger partial charge in [0, 0.05) is 0 Å². The summed E-state index contributed by atoms with van der Waals surface area (Å²) in [6.07, 6.45) is 0.813. The van der Waals surface area contributed by atoms with Gasteiger partial charge in [0.1, 0.15) is 11.8 Å². The van der Waals surface area contributed by atoms with E-state index in [0.29, 0.717) is 20.8 Å². The van der Waals surface area contributed by atoms with E-state index in [0.717, 1.165) is 12.0 Å². The van der Waals surface area contributed by atoms with Crippen molar-refractivity contribution >= 4 is 27.5 Å². The number of rotatable bonds is 2. The van der Waals surface area contributed by atoms with Gasteiger partial charge in [-0.05, 0) is 34.0 Å². The molecule has 0 heterocycles. The van der Waals surface area contributed by atoms with Crippen LogP contribution in [0.4, 0.5) is 0 Å². The molecule has 1 rings (SSSR count). The Balaban J connectivity index is 3.49. The van der Waals surface area contributed by atoms with Crippen LogP contribution < -0.4 is 4.74 Å². The van der Waals surface area contributed by atoms with Crippen molar-refractivity contribution in [2.75, 3.05) is 7.11 Å². The zero-order valence-electron chi connectivity index (χ0n) is 7.90. The van der Waals surface area contributed by atoms with E-state index in [9.17, 15) is 0 Å². The molecule has 0 N–H and O–H groups in total. The minimum absolute atomic E-state index is 0.417. The van der Waals surface area contributed by atoms with Crippen molar-refractivity contribution in [2.45, 2.75) is 13.3 Å². The molecule has 0 aliphatic heterocycles. The topological polar surface area (TPSA) is 33.0 Å². The Morgan fingerprint density at radius 1 is 1.64 bits per heavy atom. The molecule has 0 saturated heterocycles. The van der Waals surface area contributed by atoms with Crippen molar-refractivity contribution in [3.05, 3.63) is 26.7 Å². The normalized spacial score (nSPS) is 9.64. The van der Waals surface area contributed by atoms with Crippen LogP contribution in [0.1, 0.15) is 18.1 Å². The second-order valence-corrected chi connectivity index (χ2v) is 3.91. The molecule has 0 atom stereocenters. The van der Waals surface area contributed by atoms with Gasteiger partial charge in [-0.3, -0.25) is 0 Å². The molecule has 0 spiro atoms. The van der Waals surface area contributed by atoms with Crippen LogP contribution >= 0.6 is 27.5 Å². The highest BCUT2D eigenvalue weighted by atomic mass is 79.9. The van der Waals surface area contributed by atoms with E-state index >= 15 is 0 Å². The molecule has 0 bridgehead atoms. The molecule has 0 radical (unpaired) electrons. The highest BCUT2D eigenvalue weighted by Gasteiger charge is 2.14. The fourth-order valence-corrected chi connectivity index (χ4v) is 2.34. The van der Waals surface area contributed by atoms with Crippen LogP contribution in [-0.4, -0.2) is 7.11 Å². The third-order valence-corrected chi connectivity index (χ3v) is 3.00. The molecule has 0 fully saturated rings. The Morgan fingerprint density at radius 2 is 2.29 bits per heavy atom. The molecule has 0 saturated carbocycles. The molecule has 1 aromatic carbocycles. The molecule has 14 heavy (non-hydrogen) atoms. The summed E-state index contributed by atoms with van der Waals surface area (Å²) in [5.74, 6) is 0.688. The molecule has 0 aliphatic rings. The Labute approximate surface area is 96.6 Å². The van der Waals surface area contributed by atoms with Crippen molar-refractivity contribution in [3.8, 4) is 11.8 Å². The number of halogens is 2. The lowest BCUT2D eigenvalue weighted by Crippen LogP contribution is -1.95. The lowest BCUT2D eigenvalue weighted by molar-refractivity contribution is 0.407. The van der Waals surface area contributed by atoms with E-state index in [1.165, 1.54) is 0 Å². The van der Waals surface area contributed by atoms with Crippen molar-refractivity contribution in [2.24, 2.45) is 0 Å². The van der Waals surface area contributed by atoms with Gasteiger partial charge >= 0.3 is 0 Å². The van der Waals surface area contributed by atoms with Crippen LogP contribution in [0.5, 0.6) is 5.75 Å². The Bertz CT molecular complexity index is 398. The average Bonchev–Trinajstić information content (AvgIpc) is 2.17. The summed E-state index contributed by atoms with van der Waals surface area (Å²) in [4.78, 5) is 0. The number of hydrogen-bond acceptors (Lipinski definition) is 2. The molecule has 74 valence electrons. The Hall–Kier alpha value is -0.720. The second-order valence-electron chi connectivity index (χ2n) is 2.71. The third-order valence-electron chi connectivity index (χ3n) is 1.95. The SMILES string of the molecule is CCc1cc(Cl)c(C#N)c(Br)c1OC. The highest BCUT2D eigenvalue weighted by Crippen LogP contribution is 2.36. The summed E-state index contributed by atoms with van der Waals surface area (Å²) in [6, 6.07) is 3.80. The number of hydrogen-bond donors (Lipinski definition) is 0. The first kappa shape index (κ1) is 11.4. The van der Waals surface area contributed by atoms with E-state index in [2.05, 4.69) is 15.9 Å². The largest absolute Gasteiger partial charge is 0.495 e. The number of nitrogens with zero attached hydrogens (tertiary/aromatic N) is 1. The van der Waals surface area contributed by atoms with Crippen molar-refractivity contribution in [1.82, 2.24) is 0 Å². The van der Waals surface area contributed by atoms with Gasteiger partial charge in [0.15, 0.2) is 0 Å². The monoisotopic (exact) mass is 273 g/mol. The second kappa shape index (κ2) is 4.68. The van der Waals surface area contributed by atoms with Crippen molar-refractivity contribution in [1.29, 1.82) is 5.26 Å². The van der Waals surface area contributed by atoms with Crippen molar-refractivity contribution in [3.63, 3.8) is 0 Å². The summed E-state index contributed by atoms with van der Waals surface area (Å²) in [7, 11) is 1.58. The first-order valence-corrected chi connectivity index (χ1v) is 5.27. The van der Waals surface area contributed by atoms with Gasteiger partial charge < -0.3 is 4.74 Å². The molecule has 0 aromatic heterocycles. The quantitative estimate of drug-likeness (QED) is 0.826. The van der Waals surface area contributed by atoms with E-state index < -0.39 is 0 Å². The standard InChI is InChI=1S/C10H9BrClNO/c1-3-6-4-8(12)7(5-13)9(11)10(6)14-2/h4H,3H2,1-2H3. The maximum absolute atomic E-state index is 8.86. The molecule has 2 nitrogen and oxygen atoms in total. The Morgan fingerprint density at radius 3 is 2.71 bits per heavy atom. The van der Waals surface area contributed by atoms with Gasteiger partial charge in [-0.15, -0.1) is 0 Å². The zero-order chi connectivity index (χ0) is 10.7. The molecule has 4 heteroatoms. The number of ether oxygens (including phenoxy) is 1. The maximum Gasteiger partial charge on any atom is 0.137 e. The average molecular weight is 275 g/mol. The van der Waals surface area contributed by atoms with Crippen LogP contribution in [-0.2, 0) is 6.42 Å². The minimum Gasteiger partial charge on any atom is -0.495 e. The lowest BCUT2D eigenvalue weighted by atomic mass is 10.1. The summed E-state index contributed by atoms with van der Waals surface area (Å²) in [5.41, 5.74) is 1.41. The van der Waals surface area contributed by atoms with E-state index in [4.69, 9.17) is 21.6 Å². The van der Waals surface area contributed by atoms with E-state index in [1.807, 2.05) is 13.0 Å². The van der Waals surface area contributed by atoms with Crippen LogP contribution in [0, 0.1) is 11.3 Å². The molecule has 0 amide bonds. The van der Waals surface area contributed by atoms with Gasteiger partial charge in [0.25, 0.3) is 0 Å². The van der Waals surface area contributed by atoms with Crippen LogP contribution in [0.15, 0.2) is 10.5 Å². The molecular formula is C10H9BrClNO.